The zero-order valence-corrected chi connectivity index (χ0v) is 10.8. The lowest BCUT2D eigenvalue weighted by Gasteiger charge is -2.06. The van der Waals surface area contributed by atoms with Gasteiger partial charge in [-0.25, -0.2) is 0 Å². The first-order valence-electron chi connectivity index (χ1n) is 5.67. The summed E-state index contributed by atoms with van der Waals surface area (Å²) < 4.78 is 7.17. The molecule has 1 N–H and O–H groups in total. The molecule has 0 radical (unpaired) electrons. The molecule has 0 aliphatic carbocycles. The summed E-state index contributed by atoms with van der Waals surface area (Å²) in [6.45, 7) is 6.18. The van der Waals surface area contributed by atoms with Crippen LogP contribution in [0.4, 0.5) is 0 Å². The van der Waals surface area contributed by atoms with E-state index in [1.807, 2.05) is 23.7 Å². The van der Waals surface area contributed by atoms with E-state index >= 15 is 0 Å². The Morgan fingerprint density at radius 2 is 2.29 bits per heavy atom. The van der Waals surface area contributed by atoms with Gasteiger partial charge in [0.2, 0.25) is 0 Å². The molecule has 0 bridgehead atoms. The quantitative estimate of drug-likeness (QED) is 0.891. The fourth-order valence-corrected chi connectivity index (χ4v) is 1.96. The van der Waals surface area contributed by atoms with Crippen molar-refractivity contribution in [1.29, 1.82) is 0 Å². The second kappa shape index (κ2) is 5.38. The zero-order valence-electron chi connectivity index (χ0n) is 10.0. The van der Waals surface area contributed by atoms with Crippen molar-refractivity contribution in [1.82, 2.24) is 15.1 Å². The number of nitrogens with one attached hydrogen (secondary N) is 1. The highest BCUT2D eigenvalue weighted by atomic mass is 35.5. The topological polar surface area (TPSA) is 43.0 Å². The molecular formula is C12H16ClN3O. The molecule has 0 aliphatic heterocycles. The molecule has 0 saturated heterocycles. The van der Waals surface area contributed by atoms with E-state index in [4.69, 9.17) is 16.0 Å². The standard InChI is InChI=1S/C12H16ClN3O/c1-3-16-11(12(13)9(2)15-16)8-14-7-10-5-4-6-17-10/h4-6,14H,3,7-8H2,1-2H3. The van der Waals surface area contributed by atoms with Crippen molar-refractivity contribution in [3.05, 3.63) is 40.6 Å². The van der Waals surface area contributed by atoms with E-state index in [1.54, 1.807) is 6.26 Å². The summed E-state index contributed by atoms with van der Waals surface area (Å²) in [6.07, 6.45) is 1.67. The molecule has 0 atom stereocenters. The van der Waals surface area contributed by atoms with E-state index in [1.165, 1.54) is 0 Å². The van der Waals surface area contributed by atoms with Gasteiger partial charge >= 0.3 is 0 Å². The van der Waals surface area contributed by atoms with Crippen molar-refractivity contribution < 1.29 is 4.42 Å². The minimum atomic E-state index is 0.689. The summed E-state index contributed by atoms with van der Waals surface area (Å²) in [5.74, 6) is 0.917. The molecule has 17 heavy (non-hydrogen) atoms. The van der Waals surface area contributed by atoms with Crippen LogP contribution in [0.3, 0.4) is 0 Å². The second-order valence-corrected chi connectivity index (χ2v) is 4.22. The Hall–Kier alpha value is -1.26. The molecule has 0 spiro atoms. The molecule has 0 aliphatic rings. The first-order chi connectivity index (χ1) is 8.22. The Bertz CT molecular complexity index is 476. The molecule has 2 aromatic heterocycles. The Balaban J connectivity index is 1.98. The average molecular weight is 254 g/mol. The summed E-state index contributed by atoms with van der Waals surface area (Å²) in [7, 11) is 0. The van der Waals surface area contributed by atoms with E-state index in [2.05, 4.69) is 17.3 Å². The van der Waals surface area contributed by atoms with Crippen LogP contribution in [0.1, 0.15) is 24.1 Å². The van der Waals surface area contributed by atoms with Crippen molar-refractivity contribution in [3.8, 4) is 0 Å². The highest BCUT2D eigenvalue weighted by molar-refractivity contribution is 6.31. The average Bonchev–Trinajstić information content (AvgIpc) is 2.92. The Kier molecular flexibility index (Phi) is 3.86. The molecule has 0 fully saturated rings. The summed E-state index contributed by atoms with van der Waals surface area (Å²) in [5, 5.41) is 8.41. The van der Waals surface area contributed by atoms with Gasteiger partial charge in [0, 0.05) is 13.1 Å². The molecule has 4 nitrogen and oxygen atoms in total. The van der Waals surface area contributed by atoms with Gasteiger partial charge in [0.05, 0.1) is 29.2 Å². The van der Waals surface area contributed by atoms with Gasteiger partial charge in [-0.2, -0.15) is 5.10 Å². The predicted octanol–water partition coefficient (Wildman–Crippen LogP) is 2.75. The minimum absolute atomic E-state index is 0.689. The first-order valence-corrected chi connectivity index (χ1v) is 6.05. The second-order valence-electron chi connectivity index (χ2n) is 3.84. The fourth-order valence-electron chi connectivity index (χ4n) is 1.76. The lowest BCUT2D eigenvalue weighted by Crippen LogP contribution is -2.16. The van der Waals surface area contributed by atoms with Crippen LogP contribution in [0, 0.1) is 6.92 Å². The molecule has 2 aromatic rings. The van der Waals surface area contributed by atoms with Crippen LogP contribution >= 0.6 is 11.6 Å². The van der Waals surface area contributed by atoms with Crippen LogP contribution in [0.25, 0.3) is 0 Å². The molecule has 0 saturated carbocycles. The SMILES string of the molecule is CCn1nc(C)c(Cl)c1CNCc1ccco1. The lowest BCUT2D eigenvalue weighted by atomic mass is 10.3. The first kappa shape index (κ1) is 12.2. The van der Waals surface area contributed by atoms with Gasteiger partial charge in [-0.15, -0.1) is 0 Å². The van der Waals surface area contributed by atoms with Crippen LogP contribution in [-0.2, 0) is 19.6 Å². The number of aromatic nitrogens is 2. The molecule has 5 heteroatoms. The van der Waals surface area contributed by atoms with Gasteiger partial charge in [-0.3, -0.25) is 4.68 Å². The Morgan fingerprint density at radius 3 is 2.94 bits per heavy atom. The van der Waals surface area contributed by atoms with E-state index in [0.717, 1.165) is 28.7 Å². The third-order valence-electron chi connectivity index (χ3n) is 2.62. The number of hydrogen-bond donors (Lipinski definition) is 1. The number of furan rings is 1. The van der Waals surface area contributed by atoms with E-state index < -0.39 is 0 Å². The number of rotatable bonds is 5. The third-order valence-corrected chi connectivity index (χ3v) is 3.12. The number of hydrogen-bond acceptors (Lipinski definition) is 3. The molecule has 92 valence electrons. The molecule has 0 unspecified atom stereocenters. The normalized spacial score (nSPS) is 11.0. The van der Waals surface area contributed by atoms with Gasteiger partial charge < -0.3 is 9.73 Å². The number of aryl methyl sites for hydroxylation is 2. The van der Waals surface area contributed by atoms with Crippen molar-refractivity contribution in [2.75, 3.05) is 0 Å². The fraction of sp³-hybridized carbons (Fsp3) is 0.417. The van der Waals surface area contributed by atoms with Crippen LogP contribution < -0.4 is 5.32 Å². The number of nitrogens with zero attached hydrogens (tertiary/aromatic N) is 2. The monoisotopic (exact) mass is 253 g/mol. The maximum absolute atomic E-state index is 6.21. The molecule has 2 rings (SSSR count). The van der Waals surface area contributed by atoms with Crippen molar-refractivity contribution in [2.24, 2.45) is 0 Å². The van der Waals surface area contributed by atoms with E-state index in [9.17, 15) is 0 Å². The summed E-state index contributed by atoms with van der Waals surface area (Å²) in [6, 6.07) is 3.82. The molecule has 0 amide bonds. The Labute approximate surface area is 106 Å². The van der Waals surface area contributed by atoms with Gasteiger partial charge in [-0.1, -0.05) is 11.6 Å². The lowest BCUT2D eigenvalue weighted by molar-refractivity contribution is 0.476. The largest absolute Gasteiger partial charge is 0.468 e. The van der Waals surface area contributed by atoms with Gasteiger partial charge in [-0.05, 0) is 26.0 Å². The van der Waals surface area contributed by atoms with Gasteiger partial charge in [0.1, 0.15) is 5.76 Å². The summed E-state index contributed by atoms with van der Waals surface area (Å²) in [4.78, 5) is 0. The molecular weight excluding hydrogens is 238 g/mol. The molecule has 2 heterocycles. The van der Waals surface area contributed by atoms with Crippen LogP contribution in [0.5, 0.6) is 0 Å². The summed E-state index contributed by atoms with van der Waals surface area (Å²) in [5.41, 5.74) is 1.90. The van der Waals surface area contributed by atoms with Crippen molar-refractivity contribution >= 4 is 11.6 Å². The highest BCUT2D eigenvalue weighted by Crippen LogP contribution is 2.20. The maximum atomic E-state index is 6.21. The van der Waals surface area contributed by atoms with Crippen molar-refractivity contribution in [2.45, 2.75) is 33.5 Å². The smallest absolute Gasteiger partial charge is 0.117 e. The van der Waals surface area contributed by atoms with Crippen LogP contribution in [0.15, 0.2) is 22.8 Å². The summed E-state index contributed by atoms with van der Waals surface area (Å²) >= 11 is 6.21. The highest BCUT2D eigenvalue weighted by Gasteiger charge is 2.11. The van der Waals surface area contributed by atoms with E-state index in [-0.39, 0.29) is 0 Å². The Morgan fingerprint density at radius 1 is 1.47 bits per heavy atom. The minimum Gasteiger partial charge on any atom is -0.468 e. The molecule has 0 aromatic carbocycles. The van der Waals surface area contributed by atoms with Crippen LogP contribution in [0.2, 0.25) is 5.02 Å². The van der Waals surface area contributed by atoms with Crippen molar-refractivity contribution in [3.63, 3.8) is 0 Å². The maximum Gasteiger partial charge on any atom is 0.117 e. The van der Waals surface area contributed by atoms with E-state index in [0.29, 0.717) is 13.1 Å². The zero-order chi connectivity index (χ0) is 12.3. The third kappa shape index (κ3) is 2.70. The van der Waals surface area contributed by atoms with Crippen LogP contribution in [-0.4, -0.2) is 9.78 Å². The predicted molar refractivity (Wildman–Crippen MR) is 66.9 cm³/mol. The van der Waals surface area contributed by atoms with Gasteiger partial charge in [0.25, 0.3) is 0 Å². The number of halogens is 1. The van der Waals surface area contributed by atoms with Gasteiger partial charge in [0.15, 0.2) is 0 Å².